The Morgan fingerprint density at radius 3 is 2.67 bits per heavy atom. The number of benzene rings is 1. The van der Waals surface area contributed by atoms with Gasteiger partial charge in [-0.25, -0.2) is 4.98 Å². The van der Waals surface area contributed by atoms with E-state index in [4.69, 9.17) is 0 Å². The van der Waals surface area contributed by atoms with Crippen molar-refractivity contribution < 1.29 is 18.0 Å². The van der Waals surface area contributed by atoms with Crippen LogP contribution >= 0.6 is 0 Å². The van der Waals surface area contributed by atoms with Crippen molar-refractivity contribution in [2.45, 2.75) is 51.2 Å². The monoisotopic (exact) mass is 379 g/mol. The summed E-state index contributed by atoms with van der Waals surface area (Å²) in [5, 5.41) is 0. The van der Waals surface area contributed by atoms with Gasteiger partial charge in [0.25, 0.3) is 5.91 Å². The lowest BCUT2D eigenvalue weighted by molar-refractivity contribution is -0.137. The fourth-order valence-corrected chi connectivity index (χ4v) is 3.55. The second kappa shape index (κ2) is 8.15. The summed E-state index contributed by atoms with van der Waals surface area (Å²) in [4.78, 5) is 19.0. The van der Waals surface area contributed by atoms with Crippen molar-refractivity contribution in [2.24, 2.45) is 0 Å². The van der Waals surface area contributed by atoms with Gasteiger partial charge in [0.2, 0.25) is 0 Å². The lowest BCUT2D eigenvalue weighted by Crippen LogP contribution is -2.39. The van der Waals surface area contributed by atoms with Crippen LogP contribution < -0.4 is 0 Å². The summed E-state index contributed by atoms with van der Waals surface area (Å²) in [6, 6.07) is 4.45. The summed E-state index contributed by atoms with van der Waals surface area (Å²) in [5.74, 6) is 0.928. The normalized spacial score (nSPS) is 17.9. The number of alkyl halides is 3. The minimum atomic E-state index is -4.40. The van der Waals surface area contributed by atoms with Gasteiger partial charge in [0.1, 0.15) is 5.82 Å². The summed E-state index contributed by atoms with van der Waals surface area (Å²) in [5.41, 5.74) is -0.452. The third kappa shape index (κ3) is 4.51. The van der Waals surface area contributed by atoms with Gasteiger partial charge in [-0.1, -0.05) is 13.3 Å². The van der Waals surface area contributed by atoms with Crippen LogP contribution in [0.2, 0.25) is 0 Å². The predicted octanol–water partition coefficient (Wildman–Crippen LogP) is 4.72. The zero-order chi connectivity index (χ0) is 19.4. The van der Waals surface area contributed by atoms with Gasteiger partial charge in [-0.2, -0.15) is 13.2 Å². The Morgan fingerprint density at radius 2 is 2.00 bits per heavy atom. The highest BCUT2D eigenvalue weighted by molar-refractivity contribution is 5.94. The molecule has 3 rings (SSSR count). The first-order chi connectivity index (χ1) is 12.9. The second-order valence-corrected chi connectivity index (χ2v) is 7.00. The van der Waals surface area contributed by atoms with E-state index in [9.17, 15) is 18.0 Å². The molecular weight excluding hydrogens is 355 g/mol. The van der Waals surface area contributed by atoms with Crippen LogP contribution in [0.3, 0.4) is 0 Å². The Bertz CT molecular complexity index is 768. The fourth-order valence-electron chi connectivity index (χ4n) is 3.55. The van der Waals surface area contributed by atoms with E-state index >= 15 is 0 Å². The van der Waals surface area contributed by atoms with Gasteiger partial charge in [-0.05, 0) is 43.5 Å². The average Bonchev–Trinajstić information content (AvgIpc) is 3.14. The number of hydrogen-bond acceptors (Lipinski definition) is 2. The van der Waals surface area contributed by atoms with E-state index in [1.165, 1.54) is 12.1 Å². The van der Waals surface area contributed by atoms with Gasteiger partial charge in [-0.3, -0.25) is 4.79 Å². The van der Waals surface area contributed by atoms with E-state index in [1.807, 2.05) is 6.20 Å². The lowest BCUT2D eigenvalue weighted by atomic mass is 9.96. The summed E-state index contributed by atoms with van der Waals surface area (Å²) < 4.78 is 40.3. The van der Waals surface area contributed by atoms with Crippen molar-refractivity contribution in [3.8, 4) is 0 Å². The molecule has 146 valence electrons. The average molecular weight is 379 g/mol. The molecule has 1 aliphatic rings. The van der Waals surface area contributed by atoms with Crippen LogP contribution in [-0.2, 0) is 12.7 Å². The number of imidazole rings is 1. The van der Waals surface area contributed by atoms with Crippen LogP contribution in [0.25, 0.3) is 0 Å². The van der Waals surface area contributed by atoms with E-state index in [1.54, 1.807) is 11.1 Å². The molecule has 0 radical (unpaired) electrons. The number of unbranched alkanes of at least 4 members (excludes halogenated alkanes) is 1. The van der Waals surface area contributed by atoms with Crippen LogP contribution in [0.4, 0.5) is 13.2 Å². The topological polar surface area (TPSA) is 38.1 Å². The highest BCUT2D eigenvalue weighted by Gasteiger charge is 2.31. The Balaban J connectivity index is 1.71. The number of nitrogens with zero attached hydrogens (tertiary/aromatic N) is 3. The maximum absolute atomic E-state index is 12.8. The van der Waals surface area contributed by atoms with Gasteiger partial charge in [0.05, 0.1) is 5.56 Å². The minimum Gasteiger partial charge on any atom is -0.338 e. The zero-order valence-corrected chi connectivity index (χ0v) is 15.4. The number of carbonyl (C=O) groups is 1. The molecule has 2 aromatic rings. The standard InChI is InChI=1S/C20H24F3N3O/c1-2-3-11-25-13-10-24-18(25)16-5-4-12-26(14-16)19(27)15-6-8-17(9-7-15)20(21,22)23/h6-10,13,16H,2-5,11-12,14H2,1H3/t16-/m0/s1. The second-order valence-electron chi connectivity index (χ2n) is 7.00. The number of likely N-dealkylation sites (tertiary alicyclic amines) is 1. The smallest absolute Gasteiger partial charge is 0.338 e. The molecule has 1 amide bonds. The largest absolute Gasteiger partial charge is 0.416 e. The van der Waals surface area contributed by atoms with E-state index in [0.717, 1.165) is 50.2 Å². The highest BCUT2D eigenvalue weighted by atomic mass is 19.4. The first-order valence-electron chi connectivity index (χ1n) is 9.37. The molecule has 7 heteroatoms. The number of aromatic nitrogens is 2. The van der Waals surface area contributed by atoms with Crippen molar-refractivity contribution in [2.75, 3.05) is 13.1 Å². The summed E-state index contributed by atoms with van der Waals surface area (Å²) in [7, 11) is 0. The SMILES string of the molecule is CCCCn1ccnc1[C@H]1CCCN(C(=O)c2ccc(C(F)(F)F)cc2)C1. The summed E-state index contributed by atoms with van der Waals surface area (Å²) in [6.07, 6.45) is 3.36. The lowest BCUT2D eigenvalue weighted by Gasteiger charge is -2.33. The van der Waals surface area contributed by atoms with E-state index in [-0.39, 0.29) is 17.4 Å². The molecule has 1 atom stereocenters. The quantitative estimate of drug-likeness (QED) is 0.754. The van der Waals surface area contributed by atoms with Crippen LogP contribution in [0.5, 0.6) is 0 Å². The van der Waals surface area contributed by atoms with Crippen LogP contribution in [0, 0.1) is 0 Å². The number of hydrogen-bond donors (Lipinski definition) is 0. The number of halogens is 3. The minimum absolute atomic E-state index is 0.156. The molecule has 0 saturated carbocycles. The van der Waals surface area contributed by atoms with Gasteiger partial charge >= 0.3 is 6.18 Å². The van der Waals surface area contributed by atoms with E-state index < -0.39 is 11.7 Å². The Kier molecular flexibility index (Phi) is 5.87. The molecule has 0 bridgehead atoms. The van der Waals surface area contributed by atoms with E-state index in [2.05, 4.69) is 16.5 Å². The molecule has 1 fully saturated rings. The van der Waals surface area contributed by atoms with Crippen molar-refractivity contribution in [1.82, 2.24) is 14.5 Å². The Morgan fingerprint density at radius 1 is 1.26 bits per heavy atom. The number of amides is 1. The van der Waals surface area contributed by atoms with Gasteiger partial charge in [-0.15, -0.1) is 0 Å². The molecule has 1 aromatic carbocycles. The fraction of sp³-hybridized carbons (Fsp3) is 0.500. The maximum Gasteiger partial charge on any atom is 0.416 e. The number of rotatable bonds is 5. The molecule has 1 saturated heterocycles. The summed E-state index contributed by atoms with van der Waals surface area (Å²) >= 11 is 0. The van der Waals surface area contributed by atoms with Crippen LogP contribution in [-0.4, -0.2) is 33.4 Å². The van der Waals surface area contributed by atoms with Crippen molar-refractivity contribution in [3.05, 3.63) is 53.6 Å². The molecule has 27 heavy (non-hydrogen) atoms. The maximum atomic E-state index is 12.8. The first kappa shape index (κ1) is 19.5. The van der Waals surface area contributed by atoms with Crippen LogP contribution in [0.1, 0.15) is 60.3 Å². The summed E-state index contributed by atoms with van der Waals surface area (Å²) in [6.45, 7) is 4.21. The van der Waals surface area contributed by atoms with Crippen LogP contribution in [0.15, 0.2) is 36.7 Å². The number of piperidine rings is 1. The Labute approximate surface area is 157 Å². The molecule has 0 spiro atoms. The Hall–Kier alpha value is -2.31. The molecule has 4 nitrogen and oxygen atoms in total. The molecule has 0 N–H and O–H groups in total. The molecular formula is C20H24F3N3O. The van der Waals surface area contributed by atoms with Crippen molar-refractivity contribution >= 4 is 5.91 Å². The highest BCUT2D eigenvalue weighted by Crippen LogP contribution is 2.30. The van der Waals surface area contributed by atoms with Gasteiger partial charge in [0.15, 0.2) is 0 Å². The third-order valence-corrected chi connectivity index (χ3v) is 5.03. The van der Waals surface area contributed by atoms with Crippen molar-refractivity contribution in [3.63, 3.8) is 0 Å². The molecule has 0 aliphatic carbocycles. The molecule has 2 heterocycles. The molecule has 1 aliphatic heterocycles. The van der Waals surface area contributed by atoms with E-state index in [0.29, 0.717) is 13.1 Å². The van der Waals surface area contributed by atoms with Gasteiger partial charge in [0, 0.05) is 43.5 Å². The molecule has 1 aromatic heterocycles. The van der Waals surface area contributed by atoms with Gasteiger partial charge < -0.3 is 9.47 Å². The number of aryl methyl sites for hydroxylation is 1. The number of carbonyl (C=O) groups excluding carboxylic acids is 1. The predicted molar refractivity (Wildman–Crippen MR) is 96.5 cm³/mol. The first-order valence-corrected chi connectivity index (χ1v) is 9.37. The third-order valence-electron chi connectivity index (χ3n) is 5.03. The zero-order valence-electron chi connectivity index (χ0n) is 15.4. The molecule has 0 unspecified atom stereocenters. The van der Waals surface area contributed by atoms with Crippen molar-refractivity contribution in [1.29, 1.82) is 0 Å².